The van der Waals surface area contributed by atoms with Gasteiger partial charge in [-0.1, -0.05) is 33.1 Å². The Bertz CT molecular complexity index is 154. The lowest BCUT2D eigenvalue weighted by molar-refractivity contribution is 0.00438. The zero-order chi connectivity index (χ0) is 10.6. The Morgan fingerprint density at radius 2 is 2.00 bits per heavy atom. The van der Waals surface area contributed by atoms with Crippen LogP contribution in [-0.2, 0) is 4.74 Å². The van der Waals surface area contributed by atoms with Crippen LogP contribution in [0.2, 0.25) is 0 Å². The average molecular weight is 199 g/mol. The molecule has 2 atom stereocenters. The molecule has 0 heterocycles. The molecule has 0 aromatic carbocycles. The minimum Gasteiger partial charge on any atom is -0.377 e. The first-order chi connectivity index (χ1) is 6.65. The van der Waals surface area contributed by atoms with Crippen LogP contribution < -0.4 is 5.73 Å². The molecule has 2 nitrogen and oxygen atoms in total. The lowest BCUT2D eigenvalue weighted by Crippen LogP contribution is -2.42. The molecule has 0 aromatic heterocycles. The Labute approximate surface area is 88.2 Å². The minimum atomic E-state index is 0.236. The normalized spacial score (nSPS) is 22.1. The summed E-state index contributed by atoms with van der Waals surface area (Å²) in [6, 6.07) is 0.236. The van der Waals surface area contributed by atoms with E-state index < -0.39 is 0 Å². The number of hydrogen-bond donors (Lipinski definition) is 1. The van der Waals surface area contributed by atoms with Crippen LogP contribution in [0.3, 0.4) is 0 Å². The number of hydrogen-bond acceptors (Lipinski definition) is 2. The number of rotatable bonds is 6. The molecule has 0 radical (unpaired) electrons. The standard InChI is InChI=1S/C12H25NO/c1-4-14-12(9(2)3)11(13)8-10-6-5-7-10/h9-12H,4-8,13H2,1-3H3. The Kier molecular flexibility index (Phi) is 4.90. The van der Waals surface area contributed by atoms with Crippen molar-refractivity contribution in [2.24, 2.45) is 17.6 Å². The highest BCUT2D eigenvalue weighted by Gasteiger charge is 2.27. The second-order valence-corrected chi connectivity index (χ2v) is 4.86. The van der Waals surface area contributed by atoms with Gasteiger partial charge in [-0.05, 0) is 25.2 Å². The third-order valence-electron chi connectivity index (χ3n) is 3.27. The van der Waals surface area contributed by atoms with Crippen LogP contribution in [0.25, 0.3) is 0 Å². The molecular weight excluding hydrogens is 174 g/mol. The Morgan fingerprint density at radius 1 is 1.36 bits per heavy atom. The van der Waals surface area contributed by atoms with E-state index in [1.54, 1.807) is 0 Å². The van der Waals surface area contributed by atoms with Gasteiger partial charge in [-0.2, -0.15) is 0 Å². The first-order valence-electron chi connectivity index (χ1n) is 6.02. The summed E-state index contributed by atoms with van der Waals surface area (Å²) in [7, 11) is 0. The first kappa shape index (κ1) is 12.0. The van der Waals surface area contributed by atoms with Crippen LogP contribution in [0, 0.1) is 11.8 Å². The average Bonchev–Trinajstić information content (AvgIpc) is 2.06. The summed E-state index contributed by atoms with van der Waals surface area (Å²) in [5, 5.41) is 0. The summed E-state index contributed by atoms with van der Waals surface area (Å²) in [6.07, 6.45) is 5.57. The largest absolute Gasteiger partial charge is 0.377 e. The molecule has 2 heteroatoms. The maximum Gasteiger partial charge on any atom is 0.0748 e. The Hall–Kier alpha value is -0.0800. The van der Waals surface area contributed by atoms with Crippen molar-refractivity contribution in [2.75, 3.05) is 6.61 Å². The summed E-state index contributed by atoms with van der Waals surface area (Å²) >= 11 is 0. The van der Waals surface area contributed by atoms with Crippen molar-refractivity contribution in [1.82, 2.24) is 0 Å². The predicted molar refractivity (Wildman–Crippen MR) is 60.2 cm³/mol. The molecule has 84 valence electrons. The summed E-state index contributed by atoms with van der Waals surface area (Å²) in [5.74, 6) is 1.41. The van der Waals surface area contributed by atoms with E-state index >= 15 is 0 Å². The van der Waals surface area contributed by atoms with Crippen LogP contribution in [0.15, 0.2) is 0 Å². The second-order valence-electron chi connectivity index (χ2n) is 4.86. The van der Waals surface area contributed by atoms with Crippen LogP contribution in [-0.4, -0.2) is 18.8 Å². The fourth-order valence-electron chi connectivity index (χ4n) is 2.25. The molecule has 14 heavy (non-hydrogen) atoms. The Morgan fingerprint density at radius 3 is 2.36 bits per heavy atom. The van der Waals surface area contributed by atoms with Gasteiger partial charge in [-0.25, -0.2) is 0 Å². The van der Waals surface area contributed by atoms with Gasteiger partial charge in [-0.3, -0.25) is 0 Å². The molecule has 0 spiro atoms. The van der Waals surface area contributed by atoms with Crippen LogP contribution in [0.5, 0.6) is 0 Å². The van der Waals surface area contributed by atoms with Crippen LogP contribution in [0.4, 0.5) is 0 Å². The van der Waals surface area contributed by atoms with Crippen molar-refractivity contribution in [3.8, 4) is 0 Å². The molecular formula is C12H25NO. The third-order valence-corrected chi connectivity index (χ3v) is 3.27. The minimum absolute atomic E-state index is 0.236. The third kappa shape index (κ3) is 3.25. The van der Waals surface area contributed by atoms with Gasteiger partial charge in [0.25, 0.3) is 0 Å². The van der Waals surface area contributed by atoms with Gasteiger partial charge in [0.2, 0.25) is 0 Å². The lowest BCUT2D eigenvalue weighted by Gasteiger charge is -2.33. The predicted octanol–water partition coefficient (Wildman–Crippen LogP) is 2.57. The highest BCUT2D eigenvalue weighted by Crippen LogP contribution is 2.31. The van der Waals surface area contributed by atoms with Crippen molar-refractivity contribution in [3.63, 3.8) is 0 Å². The van der Waals surface area contributed by atoms with E-state index in [9.17, 15) is 0 Å². The molecule has 0 aromatic rings. The second kappa shape index (κ2) is 5.72. The molecule has 1 fully saturated rings. The highest BCUT2D eigenvalue weighted by atomic mass is 16.5. The molecule has 0 aliphatic heterocycles. The van der Waals surface area contributed by atoms with E-state index in [4.69, 9.17) is 10.5 Å². The summed E-state index contributed by atoms with van der Waals surface area (Å²) in [5.41, 5.74) is 6.19. The summed E-state index contributed by atoms with van der Waals surface area (Å²) < 4.78 is 5.71. The van der Waals surface area contributed by atoms with Crippen molar-refractivity contribution < 1.29 is 4.74 Å². The molecule has 0 saturated heterocycles. The van der Waals surface area contributed by atoms with Gasteiger partial charge in [0.05, 0.1) is 6.10 Å². The SMILES string of the molecule is CCOC(C(C)C)C(N)CC1CCC1. The quantitative estimate of drug-likeness (QED) is 0.713. The molecule has 0 amide bonds. The molecule has 1 aliphatic carbocycles. The van der Waals surface area contributed by atoms with E-state index in [1.165, 1.54) is 19.3 Å². The Balaban J connectivity index is 2.32. The fraction of sp³-hybridized carbons (Fsp3) is 1.00. The summed E-state index contributed by atoms with van der Waals surface area (Å²) in [4.78, 5) is 0. The van der Waals surface area contributed by atoms with Gasteiger partial charge >= 0.3 is 0 Å². The topological polar surface area (TPSA) is 35.2 Å². The fourth-order valence-corrected chi connectivity index (χ4v) is 2.25. The molecule has 1 rings (SSSR count). The highest BCUT2D eigenvalue weighted by molar-refractivity contribution is 4.82. The van der Waals surface area contributed by atoms with Gasteiger partial charge < -0.3 is 10.5 Å². The molecule has 0 bridgehead atoms. The molecule has 1 saturated carbocycles. The van der Waals surface area contributed by atoms with E-state index in [0.29, 0.717) is 5.92 Å². The van der Waals surface area contributed by atoms with Gasteiger partial charge in [-0.15, -0.1) is 0 Å². The van der Waals surface area contributed by atoms with E-state index in [1.807, 2.05) is 6.92 Å². The van der Waals surface area contributed by atoms with Crippen LogP contribution >= 0.6 is 0 Å². The number of ether oxygens (including phenoxy) is 1. The van der Waals surface area contributed by atoms with Gasteiger partial charge in [0.1, 0.15) is 0 Å². The lowest BCUT2D eigenvalue weighted by atomic mass is 9.79. The van der Waals surface area contributed by atoms with Gasteiger partial charge in [0.15, 0.2) is 0 Å². The maximum absolute atomic E-state index is 6.19. The van der Waals surface area contributed by atoms with Crippen molar-refractivity contribution in [3.05, 3.63) is 0 Å². The first-order valence-corrected chi connectivity index (χ1v) is 6.02. The van der Waals surface area contributed by atoms with Crippen molar-refractivity contribution >= 4 is 0 Å². The molecule has 2 unspecified atom stereocenters. The van der Waals surface area contributed by atoms with Gasteiger partial charge in [0, 0.05) is 12.6 Å². The van der Waals surface area contributed by atoms with Crippen molar-refractivity contribution in [2.45, 2.75) is 58.6 Å². The van der Waals surface area contributed by atoms with Crippen LogP contribution in [0.1, 0.15) is 46.5 Å². The zero-order valence-electron chi connectivity index (χ0n) is 9.83. The maximum atomic E-state index is 6.19. The molecule has 2 N–H and O–H groups in total. The summed E-state index contributed by atoms with van der Waals surface area (Å²) in [6.45, 7) is 7.22. The van der Waals surface area contributed by atoms with Crippen molar-refractivity contribution in [1.29, 1.82) is 0 Å². The molecule has 1 aliphatic rings. The van der Waals surface area contributed by atoms with E-state index in [-0.39, 0.29) is 12.1 Å². The van der Waals surface area contributed by atoms with E-state index in [2.05, 4.69) is 13.8 Å². The number of nitrogens with two attached hydrogens (primary N) is 1. The smallest absolute Gasteiger partial charge is 0.0748 e. The monoisotopic (exact) mass is 199 g/mol. The van der Waals surface area contributed by atoms with E-state index in [0.717, 1.165) is 18.9 Å². The zero-order valence-corrected chi connectivity index (χ0v) is 9.83.